The molecule has 0 aliphatic carbocycles. The number of nitrogens with zero attached hydrogens (tertiary/aromatic N) is 1. The van der Waals surface area contributed by atoms with Gasteiger partial charge in [0.1, 0.15) is 5.75 Å². The normalized spacial score (nSPS) is 17.8. The first kappa shape index (κ1) is 17.6. The van der Waals surface area contributed by atoms with Gasteiger partial charge >= 0.3 is 6.03 Å². The van der Waals surface area contributed by atoms with Crippen LogP contribution in [-0.4, -0.2) is 50.4 Å². The molecule has 2 amide bonds. The lowest BCUT2D eigenvalue weighted by atomic mass is 10.1. The number of urea groups is 1. The molecule has 0 spiro atoms. The van der Waals surface area contributed by atoms with E-state index in [9.17, 15) is 4.79 Å². The highest BCUT2D eigenvalue weighted by Crippen LogP contribution is 2.14. The van der Waals surface area contributed by atoms with Crippen molar-refractivity contribution in [1.29, 1.82) is 0 Å². The molecule has 1 aromatic rings. The van der Waals surface area contributed by atoms with Gasteiger partial charge < -0.3 is 19.7 Å². The summed E-state index contributed by atoms with van der Waals surface area (Å²) in [6.45, 7) is 4.98. The molecule has 1 saturated heterocycles. The zero-order chi connectivity index (χ0) is 16.5. The van der Waals surface area contributed by atoms with Gasteiger partial charge in [-0.05, 0) is 43.4 Å². The molecule has 1 fully saturated rings. The first-order valence-corrected chi connectivity index (χ1v) is 8.50. The summed E-state index contributed by atoms with van der Waals surface area (Å²) >= 11 is 0. The molecule has 1 atom stereocenters. The lowest BCUT2D eigenvalue weighted by molar-refractivity contribution is 0.0435. The Balaban J connectivity index is 1.70. The molecule has 1 aliphatic heterocycles. The summed E-state index contributed by atoms with van der Waals surface area (Å²) in [7, 11) is 1.71. The number of nitrogens with one attached hydrogen (secondary N) is 1. The maximum atomic E-state index is 12.2. The molecular formula is C18H28N2O3. The molecule has 128 valence electrons. The van der Waals surface area contributed by atoms with E-state index in [0.717, 1.165) is 44.6 Å². The second-order valence-electron chi connectivity index (χ2n) is 5.92. The fraction of sp³-hybridized carbons (Fsp3) is 0.611. The van der Waals surface area contributed by atoms with Crippen LogP contribution >= 0.6 is 0 Å². The van der Waals surface area contributed by atoms with Gasteiger partial charge in [0.25, 0.3) is 0 Å². The van der Waals surface area contributed by atoms with Crippen molar-refractivity contribution in [3.05, 3.63) is 29.8 Å². The fourth-order valence-corrected chi connectivity index (χ4v) is 2.71. The first-order valence-electron chi connectivity index (χ1n) is 8.50. The Morgan fingerprint density at radius 1 is 1.35 bits per heavy atom. The summed E-state index contributed by atoms with van der Waals surface area (Å²) < 4.78 is 10.9. The van der Waals surface area contributed by atoms with Gasteiger partial charge in [-0.2, -0.15) is 0 Å². The van der Waals surface area contributed by atoms with E-state index in [1.54, 1.807) is 7.11 Å². The minimum atomic E-state index is 0.00893. The molecule has 1 N–H and O–H groups in total. The minimum Gasteiger partial charge on any atom is -0.494 e. The molecule has 0 radical (unpaired) electrons. The average Bonchev–Trinajstić information content (AvgIpc) is 2.61. The quantitative estimate of drug-likeness (QED) is 0.840. The highest BCUT2D eigenvalue weighted by molar-refractivity contribution is 5.74. The minimum absolute atomic E-state index is 0.00893. The van der Waals surface area contributed by atoms with Gasteiger partial charge in [-0.15, -0.1) is 0 Å². The number of piperidine rings is 1. The number of hydrogen-bond acceptors (Lipinski definition) is 3. The molecule has 5 heteroatoms. The molecule has 23 heavy (non-hydrogen) atoms. The Labute approximate surface area is 139 Å². The number of ether oxygens (including phenoxy) is 2. The highest BCUT2D eigenvalue weighted by atomic mass is 16.5. The molecule has 1 unspecified atom stereocenters. The summed E-state index contributed by atoms with van der Waals surface area (Å²) in [5.41, 5.74) is 1.20. The van der Waals surface area contributed by atoms with E-state index in [2.05, 4.69) is 24.4 Å². The number of benzene rings is 1. The second kappa shape index (κ2) is 9.40. The first-order chi connectivity index (χ1) is 11.2. The summed E-state index contributed by atoms with van der Waals surface area (Å²) in [5, 5.41) is 2.99. The van der Waals surface area contributed by atoms with Crippen molar-refractivity contribution in [2.45, 2.75) is 38.7 Å². The Morgan fingerprint density at radius 3 is 2.83 bits per heavy atom. The van der Waals surface area contributed by atoms with E-state index in [4.69, 9.17) is 9.47 Å². The number of carbonyl (C=O) groups is 1. The van der Waals surface area contributed by atoms with E-state index >= 15 is 0 Å². The van der Waals surface area contributed by atoms with Crippen LogP contribution in [0, 0.1) is 0 Å². The third kappa shape index (κ3) is 5.75. The van der Waals surface area contributed by atoms with Crippen molar-refractivity contribution < 1.29 is 14.3 Å². The fourth-order valence-electron chi connectivity index (χ4n) is 2.71. The van der Waals surface area contributed by atoms with Crippen LogP contribution in [0.2, 0.25) is 0 Å². The summed E-state index contributed by atoms with van der Waals surface area (Å²) in [6.07, 6.45) is 4.04. The number of amides is 2. The molecule has 2 rings (SSSR count). The van der Waals surface area contributed by atoms with Crippen LogP contribution in [0.1, 0.15) is 31.7 Å². The lowest BCUT2D eigenvalue weighted by Gasteiger charge is -2.31. The van der Waals surface area contributed by atoms with Crippen LogP contribution in [-0.2, 0) is 11.2 Å². The Kier molecular flexibility index (Phi) is 7.20. The van der Waals surface area contributed by atoms with Crippen molar-refractivity contribution in [2.24, 2.45) is 0 Å². The Bertz CT molecular complexity index is 476. The maximum absolute atomic E-state index is 12.2. The van der Waals surface area contributed by atoms with E-state index in [0.29, 0.717) is 13.1 Å². The van der Waals surface area contributed by atoms with Crippen molar-refractivity contribution in [3.8, 4) is 5.75 Å². The largest absolute Gasteiger partial charge is 0.494 e. The van der Waals surface area contributed by atoms with Crippen LogP contribution in [0.15, 0.2) is 24.3 Å². The van der Waals surface area contributed by atoms with Crippen LogP contribution in [0.4, 0.5) is 4.79 Å². The SMILES string of the molecule is CCCOc1ccc(CCNC(=O)N2CCCC(OC)C2)cc1. The molecular weight excluding hydrogens is 292 g/mol. The van der Waals surface area contributed by atoms with Crippen molar-refractivity contribution in [3.63, 3.8) is 0 Å². The van der Waals surface area contributed by atoms with Crippen molar-refractivity contribution in [1.82, 2.24) is 10.2 Å². The predicted octanol–water partition coefficient (Wildman–Crippen LogP) is 2.84. The molecule has 5 nitrogen and oxygen atoms in total. The number of hydrogen-bond donors (Lipinski definition) is 1. The van der Waals surface area contributed by atoms with Gasteiger partial charge in [-0.1, -0.05) is 19.1 Å². The smallest absolute Gasteiger partial charge is 0.317 e. The second-order valence-corrected chi connectivity index (χ2v) is 5.92. The number of rotatable bonds is 7. The monoisotopic (exact) mass is 320 g/mol. The zero-order valence-electron chi connectivity index (χ0n) is 14.2. The molecule has 1 heterocycles. The molecule has 1 aliphatic rings. The van der Waals surface area contributed by atoms with E-state index in [1.165, 1.54) is 5.56 Å². The van der Waals surface area contributed by atoms with Crippen LogP contribution in [0.3, 0.4) is 0 Å². The predicted molar refractivity (Wildman–Crippen MR) is 90.9 cm³/mol. The van der Waals surface area contributed by atoms with Crippen LogP contribution in [0.25, 0.3) is 0 Å². The van der Waals surface area contributed by atoms with Gasteiger partial charge in [0.15, 0.2) is 0 Å². The lowest BCUT2D eigenvalue weighted by Crippen LogP contribution is -2.47. The van der Waals surface area contributed by atoms with Gasteiger partial charge in [0.05, 0.1) is 12.7 Å². The number of carbonyl (C=O) groups excluding carboxylic acids is 1. The summed E-state index contributed by atoms with van der Waals surface area (Å²) in [4.78, 5) is 14.0. The zero-order valence-corrected chi connectivity index (χ0v) is 14.2. The third-order valence-electron chi connectivity index (χ3n) is 4.08. The number of likely N-dealkylation sites (tertiary alicyclic amines) is 1. The van der Waals surface area contributed by atoms with Crippen molar-refractivity contribution in [2.75, 3.05) is 33.4 Å². The van der Waals surface area contributed by atoms with Crippen molar-refractivity contribution >= 4 is 6.03 Å². The summed E-state index contributed by atoms with van der Waals surface area (Å²) in [6, 6.07) is 8.09. The van der Waals surface area contributed by atoms with E-state index in [1.807, 2.05) is 17.0 Å². The van der Waals surface area contributed by atoms with Gasteiger partial charge in [0, 0.05) is 26.7 Å². The van der Waals surface area contributed by atoms with Gasteiger partial charge in [-0.25, -0.2) is 4.79 Å². The Morgan fingerprint density at radius 2 is 2.13 bits per heavy atom. The van der Waals surface area contributed by atoms with Gasteiger partial charge in [-0.3, -0.25) is 0 Å². The average molecular weight is 320 g/mol. The molecule has 1 aromatic carbocycles. The summed E-state index contributed by atoms with van der Waals surface area (Å²) in [5.74, 6) is 0.901. The Hall–Kier alpha value is -1.75. The topological polar surface area (TPSA) is 50.8 Å². The van der Waals surface area contributed by atoms with Crippen LogP contribution in [0.5, 0.6) is 5.75 Å². The van der Waals surface area contributed by atoms with E-state index in [-0.39, 0.29) is 12.1 Å². The van der Waals surface area contributed by atoms with E-state index < -0.39 is 0 Å². The third-order valence-corrected chi connectivity index (χ3v) is 4.08. The number of methoxy groups -OCH3 is 1. The molecule has 0 aromatic heterocycles. The highest BCUT2D eigenvalue weighted by Gasteiger charge is 2.22. The maximum Gasteiger partial charge on any atom is 0.317 e. The molecule has 0 saturated carbocycles. The molecule has 0 bridgehead atoms. The van der Waals surface area contributed by atoms with Crippen LogP contribution < -0.4 is 10.1 Å². The standard InChI is InChI=1S/C18H28N2O3/c1-3-13-23-16-8-6-15(7-9-16)10-11-19-18(21)20-12-4-5-17(14-20)22-2/h6-9,17H,3-5,10-14H2,1-2H3,(H,19,21). The van der Waals surface area contributed by atoms with Gasteiger partial charge in [0.2, 0.25) is 0 Å².